The van der Waals surface area contributed by atoms with E-state index in [9.17, 15) is 13.6 Å². The fraction of sp³-hybridized carbons (Fsp3) is 0.381. The molecule has 0 saturated carbocycles. The SMILES string of the molecule is C[Si]1(c2ccccc2)CCN(c2c(F)cc(N3C[C@H](CO)OC3=O)cc2F)CC1. The fourth-order valence-corrected chi connectivity index (χ4v) is 7.54. The Labute approximate surface area is 169 Å². The number of ether oxygens (including phenoxy) is 1. The topological polar surface area (TPSA) is 53.0 Å². The van der Waals surface area contributed by atoms with Gasteiger partial charge >= 0.3 is 6.09 Å². The molecule has 1 N–H and O–H groups in total. The number of halogens is 2. The second-order valence-electron chi connectivity index (χ2n) is 7.97. The van der Waals surface area contributed by atoms with E-state index < -0.39 is 31.9 Å². The Morgan fingerprint density at radius 2 is 1.76 bits per heavy atom. The number of amides is 1. The first-order valence-corrected chi connectivity index (χ1v) is 12.7. The van der Waals surface area contributed by atoms with Crippen LogP contribution in [0.5, 0.6) is 0 Å². The second-order valence-corrected chi connectivity index (χ2v) is 12.7. The summed E-state index contributed by atoms with van der Waals surface area (Å²) in [6.07, 6.45) is -1.39. The van der Waals surface area contributed by atoms with E-state index in [1.54, 1.807) is 4.90 Å². The lowest BCUT2D eigenvalue weighted by molar-refractivity contribution is 0.0963. The summed E-state index contributed by atoms with van der Waals surface area (Å²) in [6, 6.07) is 14.6. The summed E-state index contributed by atoms with van der Waals surface area (Å²) in [6.45, 7) is 3.26. The zero-order chi connectivity index (χ0) is 20.6. The number of benzene rings is 2. The first kappa shape index (κ1) is 19.8. The molecule has 1 amide bonds. The number of carbonyl (C=O) groups excluding carboxylic acids is 1. The summed E-state index contributed by atoms with van der Waals surface area (Å²) in [5.41, 5.74) is 0.0642. The van der Waals surface area contributed by atoms with E-state index in [1.807, 2.05) is 18.2 Å². The average Bonchev–Trinajstić information content (AvgIpc) is 3.10. The third-order valence-corrected chi connectivity index (χ3v) is 10.4. The zero-order valence-corrected chi connectivity index (χ0v) is 17.3. The molecule has 0 unspecified atom stereocenters. The molecule has 2 aliphatic rings. The third kappa shape index (κ3) is 3.74. The van der Waals surface area contributed by atoms with E-state index in [1.165, 1.54) is 17.3 Å². The van der Waals surface area contributed by atoms with Gasteiger partial charge in [0.15, 0.2) is 11.6 Å². The molecule has 1 atom stereocenters. The predicted octanol–water partition coefficient (Wildman–Crippen LogP) is 3.09. The highest BCUT2D eigenvalue weighted by molar-refractivity contribution is 6.91. The van der Waals surface area contributed by atoms with Gasteiger partial charge in [-0.25, -0.2) is 13.6 Å². The second kappa shape index (κ2) is 7.76. The summed E-state index contributed by atoms with van der Waals surface area (Å²) >= 11 is 0. The molecular formula is C21H24F2N2O3Si. The van der Waals surface area contributed by atoms with Crippen molar-refractivity contribution in [1.82, 2.24) is 0 Å². The van der Waals surface area contributed by atoms with Crippen LogP contribution in [0, 0.1) is 11.6 Å². The van der Waals surface area contributed by atoms with Crippen molar-refractivity contribution in [3.8, 4) is 0 Å². The highest BCUT2D eigenvalue weighted by Gasteiger charge is 2.36. The molecule has 0 aromatic heterocycles. The van der Waals surface area contributed by atoms with Crippen molar-refractivity contribution in [2.24, 2.45) is 0 Å². The number of aliphatic hydroxyl groups excluding tert-OH is 1. The molecule has 2 aliphatic heterocycles. The van der Waals surface area contributed by atoms with Crippen LogP contribution in [-0.4, -0.2) is 51.6 Å². The first-order chi connectivity index (χ1) is 13.9. The predicted molar refractivity (Wildman–Crippen MR) is 111 cm³/mol. The molecule has 2 saturated heterocycles. The number of hydrogen-bond donors (Lipinski definition) is 1. The maximum atomic E-state index is 14.9. The molecule has 2 fully saturated rings. The molecule has 0 aliphatic carbocycles. The summed E-state index contributed by atoms with van der Waals surface area (Å²) in [4.78, 5) is 14.8. The normalized spacial score (nSPS) is 21.4. The highest BCUT2D eigenvalue weighted by Crippen LogP contribution is 2.34. The number of aliphatic hydroxyl groups is 1. The third-order valence-electron chi connectivity index (χ3n) is 6.04. The minimum atomic E-state index is -1.65. The number of hydrogen-bond acceptors (Lipinski definition) is 4. The van der Waals surface area contributed by atoms with Crippen molar-refractivity contribution in [1.29, 1.82) is 0 Å². The van der Waals surface area contributed by atoms with E-state index in [4.69, 9.17) is 9.84 Å². The van der Waals surface area contributed by atoms with Crippen LogP contribution >= 0.6 is 0 Å². The Kier molecular flexibility index (Phi) is 5.31. The molecule has 0 radical (unpaired) electrons. The van der Waals surface area contributed by atoms with E-state index >= 15 is 0 Å². The van der Waals surface area contributed by atoms with Crippen LogP contribution in [0.1, 0.15) is 0 Å². The highest BCUT2D eigenvalue weighted by atomic mass is 28.3. The van der Waals surface area contributed by atoms with Crippen molar-refractivity contribution in [3.05, 3.63) is 54.1 Å². The number of cyclic esters (lactones) is 1. The van der Waals surface area contributed by atoms with Gasteiger partial charge in [-0.3, -0.25) is 4.90 Å². The number of anilines is 2. The van der Waals surface area contributed by atoms with Crippen molar-refractivity contribution in [2.75, 3.05) is 36.0 Å². The molecule has 8 heteroatoms. The number of carbonyl (C=O) groups is 1. The van der Waals surface area contributed by atoms with Crippen molar-refractivity contribution in [2.45, 2.75) is 24.7 Å². The minimum absolute atomic E-state index is 0.0378. The van der Waals surface area contributed by atoms with Gasteiger partial charge in [-0.05, 0) is 12.1 Å². The van der Waals surface area contributed by atoms with Crippen LogP contribution in [-0.2, 0) is 4.74 Å². The smallest absolute Gasteiger partial charge is 0.414 e. The summed E-state index contributed by atoms with van der Waals surface area (Å²) in [5, 5.41) is 10.5. The Hall–Kier alpha value is -2.45. The van der Waals surface area contributed by atoms with Crippen LogP contribution in [0.25, 0.3) is 0 Å². The molecule has 0 spiro atoms. The minimum Gasteiger partial charge on any atom is -0.441 e. The van der Waals surface area contributed by atoms with Gasteiger partial charge in [0.05, 0.1) is 26.9 Å². The number of nitrogens with zero attached hydrogens (tertiary/aromatic N) is 2. The Balaban J connectivity index is 1.52. The molecule has 154 valence electrons. The van der Waals surface area contributed by atoms with E-state index in [0.29, 0.717) is 13.1 Å². The summed E-state index contributed by atoms with van der Waals surface area (Å²) < 4.78 is 34.7. The zero-order valence-electron chi connectivity index (χ0n) is 16.3. The molecular weight excluding hydrogens is 394 g/mol. The van der Waals surface area contributed by atoms with E-state index in [2.05, 4.69) is 18.7 Å². The van der Waals surface area contributed by atoms with Gasteiger partial charge in [-0.15, -0.1) is 0 Å². The quantitative estimate of drug-likeness (QED) is 0.776. The van der Waals surface area contributed by atoms with Gasteiger partial charge in [-0.2, -0.15) is 0 Å². The number of rotatable bonds is 4. The molecule has 5 nitrogen and oxygen atoms in total. The summed E-state index contributed by atoms with van der Waals surface area (Å²) in [5.74, 6) is -1.38. The van der Waals surface area contributed by atoms with Crippen molar-refractivity contribution < 1.29 is 23.4 Å². The maximum Gasteiger partial charge on any atom is 0.414 e. The van der Waals surface area contributed by atoms with Gasteiger partial charge in [0.25, 0.3) is 0 Å². The van der Waals surface area contributed by atoms with E-state index in [0.717, 1.165) is 17.0 Å². The van der Waals surface area contributed by atoms with Crippen molar-refractivity contribution in [3.63, 3.8) is 0 Å². The molecule has 0 bridgehead atoms. The molecule has 2 aromatic carbocycles. The molecule has 2 heterocycles. The Morgan fingerprint density at radius 3 is 2.31 bits per heavy atom. The largest absolute Gasteiger partial charge is 0.441 e. The lowest BCUT2D eigenvalue weighted by Crippen LogP contribution is -2.53. The van der Waals surface area contributed by atoms with Crippen LogP contribution < -0.4 is 15.0 Å². The van der Waals surface area contributed by atoms with Crippen LogP contribution in [0.3, 0.4) is 0 Å². The average molecular weight is 419 g/mol. The van der Waals surface area contributed by atoms with Crippen molar-refractivity contribution >= 4 is 30.7 Å². The fourth-order valence-electron chi connectivity index (χ4n) is 4.19. The van der Waals surface area contributed by atoms with Crippen LogP contribution in [0.2, 0.25) is 18.6 Å². The van der Waals surface area contributed by atoms with Gasteiger partial charge in [0, 0.05) is 25.2 Å². The van der Waals surface area contributed by atoms with E-state index in [-0.39, 0.29) is 24.5 Å². The van der Waals surface area contributed by atoms with Gasteiger partial charge in [0.1, 0.15) is 11.8 Å². The van der Waals surface area contributed by atoms with Gasteiger partial charge in [-0.1, -0.05) is 42.1 Å². The monoisotopic (exact) mass is 418 g/mol. The molecule has 4 rings (SSSR count). The van der Waals surface area contributed by atoms with Crippen LogP contribution in [0.15, 0.2) is 42.5 Å². The molecule has 2 aromatic rings. The summed E-state index contributed by atoms with van der Waals surface area (Å²) in [7, 11) is -1.65. The standard InChI is InChI=1S/C21H24F2N2O3Si/c1-29(17-5-3-2-4-6-17)9-7-24(8-10-29)20-18(22)11-15(12-19(20)23)25-13-16(14-26)28-21(25)27/h2-6,11-12,16,26H,7-10,13-14H2,1H3/t16-/m1/s1. The van der Waals surface area contributed by atoms with Gasteiger partial charge < -0.3 is 14.7 Å². The molecule has 29 heavy (non-hydrogen) atoms. The van der Waals surface area contributed by atoms with Gasteiger partial charge in [0.2, 0.25) is 0 Å². The first-order valence-electron chi connectivity index (χ1n) is 9.80. The lowest BCUT2D eigenvalue weighted by atomic mass is 10.2. The Bertz CT molecular complexity index is 881. The lowest BCUT2D eigenvalue weighted by Gasteiger charge is -2.39. The maximum absolute atomic E-state index is 14.9. The Morgan fingerprint density at radius 1 is 1.14 bits per heavy atom. The van der Waals surface area contributed by atoms with Crippen LogP contribution in [0.4, 0.5) is 25.0 Å².